The Morgan fingerprint density at radius 2 is 1.89 bits per heavy atom. The van der Waals surface area contributed by atoms with E-state index >= 15 is 0 Å². The zero-order valence-electron chi connectivity index (χ0n) is 11.1. The standard InChI is InChI=1S/C14H17ClO4/c1-3-19-13(16)5-4-10-6-11(9-15)8-12(7-10)14(17)18-2/h6-8H,3-5,9H2,1-2H3. The quantitative estimate of drug-likeness (QED) is 0.595. The van der Waals surface area contributed by atoms with E-state index in [1.54, 1.807) is 19.1 Å². The predicted octanol–water partition coefficient (Wildman–Crippen LogP) is 2.71. The number of esters is 2. The number of halogens is 1. The van der Waals surface area contributed by atoms with Crippen LogP contribution in [0.1, 0.15) is 34.8 Å². The highest BCUT2D eigenvalue weighted by Crippen LogP contribution is 2.15. The molecule has 0 amide bonds. The molecular formula is C14H17ClO4. The Labute approximate surface area is 117 Å². The van der Waals surface area contributed by atoms with Crippen molar-refractivity contribution in [2.24, 2.45) is 0 Å². The van der Waals surface area contributed by atoms with Crippen molar-refractivity contribution in [1.29, 1.82) is 0 Å². The third kappa shape index (κ3) is 4.91. The summed E-state index contributed by atoms with van der Waals surface area (Å²) in [5.74, 6) is -0.361. The summed E-state index contributed by atoms with van der Waals surface area (Å²) in [6.45, 7) is 2.13. The molecule has 0 fully saturated rings. The summed E-state index contributed by atoms with van der Waals surface area (Å²) in [6.07, 6.45) is 0.785. The van der Waals surface area contributed by atoms with E-state index in [4.69, 9.17) is 16.3 Å². The summed E-state index contributed by atoms with van der Waals surface area (Å²) in [4.78, 5) is 22.8. The van der Waals surface area contributed by atoms with Gasteiger partial charge in [-0.15, -0.1) is 11.6 Å². The Kier molecular flexibility index (Phi) is 6.36. The lowest BCUT2D eigenvalue weighted by atomic mass is 10.0. The molecule has 0 unspecified atom stereocenters. The number of aryl methyl sites for hydroxylation is 1. The maximum Gasteiger partial charge on any atom is 0.337 e. The van der Waals surface area contributed by atoms with Crippen LogP contribution in [-0.4, -0.2) is 25.7 Å². The van der Waals surface area contributed by atoms with Gasteiger partial charge >= 0.3 is 11.9 Å². The number of alkyl halides is 1. The molecule has 1 aromatic rings. The van der Waals surface area contributed by atoms with Gasteiger partial charge in [-0.05, 0) is 36.6 Å². The van der Waals surface area contributed by atoms with Crippen molar-refractivity contribution < 1.29 is 19.1 Å². The van der Waals surface area contributed by atoms with E-state index in [2.05, 4.69) is 4.74 Å². The van der Waals surface area contributed by atoms with Crippen molar-refractivity contribution in [3.8, 4) is 0 Å². The molecule has 0 saturated carbocycles. The number of hydrogen-bond donors (Lipinski definition) is 0. The van der Waals surface area contributed by atoms with Crippen LogP contribution in [0.2, 0.25) is 0 Å². The largest absolute Gasteiger partial charge is 0.466 e. The first kappa shape index (κ1) is 15.5. The number of hydrogen-bond acceptors (Lipinski definition) is 4. The van der Waals surface area contributed by atoms with Crippen LogP contribution in [0.5, 0.6) is 0 Å². The molecule has 5 heteroatoms. The molecule has 0 aromatic heterocycles. The van der Waals surface area contributed by atoms with Crippen molar-refractivity contribution in [3.05, 3.63) is 34.9 Å². The molecule has 0 aliphatic rings. The lowest BCUT2D eigenvalue weighted by molar-refractivity contribution is -0.143. The topological polar surface area (TPSA) is 52.6 Å². The second-order valence-electron chi connectivity index (χ2n) is 3.97. The zero-order chi connectivity index (χ0) is 14.3. The van der Waals surface area contributed by atoms with Gasteiger partial charge in [-0.25, -0.2) is 4.79 Å². The van der Waals surface area contributed by atoms with Gasteiger partial charge < -0.3 is 9.47 Å². The van der Waals surface area contributed by atoms with Crippen molar-refractivity contribution in [3.63, 3.8) is 0 Å². The lowest BCUT2D eigenvalue weighted by Gasteiger charge is -2.07. The monoisotopic (exact) mass is 284 g/mol. The number of benzene rings is 1. The van der Waals surface area contributed by atoms with Gasteiger partial charge in [0.25, 0.3) is 0 Å². The molecule has 0 spiro atoms. The van der Waals surface area contributed by atoms with Crippen LogP contribution in [0, 0.1) is 0 Å². The van der Waals surface area contributed by atoms with Crippen LogP contribution in [0.3, 0.4) is 0 Å². The number of carbonyl (C=O) groups excluding carboxylic acids is 2. The molecule has 19 heavy (non-hydrogen) atoms. The minimum atomic E-state index is -0.413. The van der Waals surface area contributed by atoms with E-state index in [1.165, 1.54) is 7.11 Å². The fourth-order valence-electron chi connectivity index (χ4n) is 1.70. The van der Waals surface area contributed by atoms with Gasteiger partial charge in [0.05, 0.1) is 19.3 Å². The highest BCUT2D eigenvalue weighted by Gasteiger charge is 2.10. The summed E-state index contributed by atoms with van der Waals surface area (Å²) in [5.41, 5.74) is 2.13. The van der Waals surface area contributed by atoms with E-state index in [0.29, 0.717) is 24.5 Å². The molecule has 1 rings (SSSR count). The van der Waals surface area contributed by atoms with Gasteiger partial charge in [-0.1, -0.05) is 6.07 Å². The normalized spacial score (nSPS) is 10.1. The van der Waals surface area contributed by atoms with Gasteiger partial charge in [-0.3, -0.25) is 4.79 Å². The average Bonchev–Trinajstić information content (AvgIpc) is 2.44. The second-order valence-corrected chi connectivity index (χ2v) is 4.24. The van der Waals surface area contributed by atoms with Gasteiger partial charge in [0.2, 0.25) is 0 Å². The summed E-state index contributed by atoms with van der Waals surface area (Å²) in [5, 5.41) is 0. The van der Waals surface area contributed by atoms with E-state index in [0.717, 1.165) is 11.1 Å². The third-order valence-electron chi connectivity index (χ3n) is 2.55. The highest BCUT2D eigenvalue weighted by molar-refractivity contribution is 6.17. The molecule has 104 valence electrons. The average molecular weight is 285 g/mol. The molecule has 0 N–H and O–H groups in total. The maximum atomic E-state index is 11.5. The van der Waals surface area contributed by atoms with E-state index < -0.39 is 5.97 Å². The zero-order valence-corrected chi connectivity index (χ0v) is 11.8. The number of carbonyl (C=O) groups is 2. The fraction of sp³-hybridized carbons (Fsp3) is 0.429. The molecule has 0 aliphatic heterocycles. The van der Waals surface area contributed by atoms with Crippen LogP contribution in [0.4, 0.5) is 0 Å². The summed E-state index contributed by atoms with van der Waals surface area (Å²) in [6, 6.07) is 5.27. The van der Waals surface area contributed by atoms with Crippen molar-refractivity contribution >= 4 is 23.5 Å². The number of methoxy groups -OCH3 is 1. The van der Waals surface area contributed by atoms with E-state index in [9.17, 15) is 9.59 Å². The molecule has 0 heterocycles. The molecular weight excluding hydrogens is 268 g/mol. The molecule has 0 bridgehead atoms. The van der Waals surface area contributed by atoms with Crippen molar-refractivity contribution in [1.82, 2.24) is 0 Å². The first-order valence-corrected chi connectivity index (χ1v) is 6.57. The summed E-state index contributed by atoms with van der Waals surface area (Å²) >= 11 is 5.79. The Morgan fingerprint density at radius 1 is 1.21 bits per heavy atom. The summed E-state index contributed by atoms with van der Waals surface area (Å²) in [7, 11) is 1.33. The summed E-state index contributed by atoms with van der Waals surface area (Å²) < 4.78 is 9.54. The Morgan fingerprint density at radius 3 is 2.47 bits per heavy atom. The van der Waals surface area contributed by atoms with Gasteiger partial charge in [0.1, 0.15) is 0 Å². The van der Waals surface area contributed by atoms with Gasteiger partial charge in [0.15, 0.2) is 0 Å². The van der Waals surface area contributed by atoms with E-state index in [-0.39, 0.29) is 12.4 Å². The van der Waals surface area contributed by atoms with Crippen LogP contribution >= 0.6 is 11.6 Å². The van der Waals surface area contributed by atoms with E-state index in [1.807, 2.05) is 6.07 Å². The Bertz CT molecular complexity index is 457. The molecule has 0 aliphatic carbocycles. The first-order valence-electron chi connectivity index (χ1n) is 6.03. The molecule has 1 aromatic carbocycles. The van der Waals surface area contributed by atoms with Gasteiger partial charge in [-0.2, -0.15) is 0 Å². The lowest BCUT2D eigenvalue weighted by Crippen LogP contribution is -2.07. The third-order valence-corrected chi connectivity index (χ3v) is 2.86. The fourth-order valence-corrected chi connectivity index (χ4v) is 1.85. The maximum absolute atomic E-state index is 11.5. The first-order chi connectivity index (χ1) is 9.10. The van der Waals surface area contributed by atoms with Crippen molar-refractivity contribution in [2.75, 3.05) is 13.7 Å². The van der Waals surface area contributed by atoms with Crippen LogP contribution in [0.25, 0.3) is 0 Å². The minimum Gasteiger partial charge on any atom is -0.466 e. The van der Waals surface area contributed by atoms with Gasteiger partial charge in [0, 0.05) is 12.3 Å². The Hall–Kier alpha value is -1.55. The molecule has 0 saturated heterocycles. The predicted molar refractivity (Wildman–Crippen MR) is 72.3 cm³/mol. The second kappa shape index (κ2) is 7.79. The SMILES string of the molecule is CCOC(=O)CCc1cc(CCl)cc(C(=O)OC)c1. The van der Waals surface area contributed by atoms with Crippen LogP contribution in [0.15, 0.2) is 18.2 Å². The minimum absolute atomic E-state index is 0.251. The smallest absolute Gasteiger partial charge is 0.337 e. The van der Waals surface area contributed by atoms with Crippen LogP contribution < -0.4 is 0 Å². The number of rotatable bonds is 6. The molecule has 4 nitrogen and oxygen atoms in total. The number of ether oxygens (including phenoxy) is 2. The molecule has 0 radical (unpaired) electrons. The van der Waals surface area contributed by atoms with Crippen LogP contribution in [-0.2, 0) is 26.6 Å². The molecule has 0 atom stereocenters. The highest BCUT2D eigenvalue weighted by atomic mass is 35.5. The Balaban J connectivity index is 2.82. The van der Waals surface area contributed by atoms with Crippen molar-refractivity contribution in [2.45, 2.75) is 25.6 Å².